The molecule has 0 aliphatic carbocycles. The van der Waals surface area contributed by atoms with Gasteiger partial charge in [-0.3, -0.25) is 0 Å². The van der Waals surface area contributed by atoms with Crippen molar-refractivity contribution in [2.45, 2.75) is 13.8 Å². The van der Waals surface area contributed by atoms with Crippen molar-refractivity contribution >= 4 is 11.4 Å². The first-order valence-corrected chi connectivity index (χ1v) is 7.37. The minimum absolute atomic E-state index is 0. The molecule has 1 heterocycles. The first-order chi connectivity index (χ1) is 9.75. The minimum atomic E-state index is 0. The molecule has 1 aliphatic rings. The average molecular weight is 411 g/mol. The van der Waals surface area contributed by atoms with E-state index >= 15 is 0 Å². The number of rotatable bonds is 2. The normalized spacial score (nSPS) is 11.1. The Balaban J connectivity index is -0.000000151. The molecule has 16 N–H and O–H groups in total. The number of aryl methyl sites for hydroxylation is 2. The van der Waals surface area contributed by atoms with Crippen LogP contribution in [0, 0.1) is 13.8 Å². The Morgan fingerprint density at radius 2 is 0.714 bits per heavy atom. The lowest BCUT2D eigenvalue weighted by atomic mass is 10.1. The van der Waals surface area contributed by atoms with Crippen LogP contribution in [-0.4, -0.2) is 70.0 Å². The summed E-state index contributed by atoms with van der Waals surface area (Å²) >= 11 is 0. The molecule has 28 heavy (non-hydrogen) atoms. The summed E-state index contributed by atoms with van der Waals surface area (Å²) in [6, 6.07) is 17.4. The number of piperazine rings is 1. The predicted molar refractivity (Wildman–Crippen MR) is 116 cm³/mol. The minimum Gasteiger partial charge on any atom is -0.412 e. The fourth-order valence-electron chi connectivity index (χ4n) is 3.02. The lowest BCUT2D eigenvalue weighted by Crippen LogP contribution is -2.47. The molecule has 10 heteroatoms. The first-order valence-electron chi connectivity index (χ1n) is 7.37. The van der Waals surface area contributed by atoms with E-state index in [0.717, 1.165) is 26.2 Å². The van der Waals surface area contributed by atoms with Gasteiger partial charge in [-0.25, -0.2) is 0 Å². The number of hydrogen-bond donors (Lipinski definition) is 0. The zero-order valence-corrected chi connectivity index (χ0v) is 16.3. The van der Waals surface area contributed by atoms with Crippen LogP contribution >= 0.6 is 0 Å². The molecule has 0 bridgehead atoms. The molecule has 168 valence electrons. The van der Waals surface area contributed by atoms with Gasteiger partial charge in [-0.05, 0) is 37.1 Å². The summed E-state index contributed by atoms with van der Waals surface area (Å²) in [5, 5.41) is 0. The van der Waals surface area contributed by atoms with Gasteiger partial charge in [-0.2, -0.15) is 0 Å². The molecule has 1 saturated heterocycles. The van der Waals surface area contributed by atoms with E-state index in [1.165, 1.54) is 22.5 Å². The van der Waals surface area contributed by atoms with Crippen LogP contribution in [-0.2, 0) is 0 Å². The maximum Gasteiger partial charge on any atom is 0.0397 e. The third-order valence-electron chi connectivity index (χ3n) is 4.19. The molecular formula is C18H38N2O8. The van der Waals surface area contributed by atoms with Gasteiger partial charge in [-0.1, -0.05) is 36.4 Å². The second kappa shape index (κ2) is 18.1. The summed E-state index contributed by atoms with van der Waals surface area (Å²) < 4.78 is 0. The Hall–Kier alpha value is -2.28. The van der Waals surface area contributed by atoms with Crippen LogP contribution in [0.3, 0.4) is 0 Å². The highest BCUT2D eigenvalue weighted by Gasteiger charge is 2.19. The van der Waals surface area contributed by atoms with Gasteiger partial charge in [0.25, 0.3) is 0 Å². The standard InChI is InChI=1S/C18H22N2.8H2O/c1-15-7-3-5-9-17(15)19-11-13-20(14-12-19)18-10-6-4-8-16(18)2;;;;;;;;/h3-10H,11-14H2,1-2H3;8*1H2. The molecule has 1 fully saturated rings. The Labute approximate surface area is 165 Å². The second-order valence-corrected chi connectivity index (χ2v) is 5.55. The van der Waals surface area contributed by atoms with Crippen LogP contribution in [0.25, 0.3) is 0 Å². The SMILES string of the molecule is Cc1ccccc1N1CCN(c2ccccc2C)CC1.O.O.O.O.O.O.O.O. The molecule has 2 aromatic rings. The molecule has 0 radical (unpaired) electrons. The highest BCUT2D eigenvalue weighted by Crippen LogP contribution is 2.24. The van der Waals surface area contributed by atoms with Crippen LogP contribution in [0.15, 0.2) is 48.5 Å². The fourth-order valence-corrected chi connectivity index (χ4v) is 3.02. The first kappa shape index (κ1) is 40.4. The zero-order chi connectivity index (χ0) is 13.9. The van der Waals surface area contributed by atoms with Crippen molar-refractivity contribution in [2.75, 3.05) is 36.0 Å². The topological polar surface area (TPSA) is 258 Å². The summed E-state index contributed by atoms with van der Waals surface area (Å²) in [7, 11) is 0. The zero-order valence-electron chi connectivity index (χ0n) is 16.3. The van der Waals surface area contributed by atoms with E-state index in [4.69, 9.17) is 0 Å². The van der Waals surface area contributed by atoms with E-state index in [1.54, 1.807) is 0 Å². The van der Waals surface area contributed by atoms with Crippen molar-refractivity contribution in [2.24, 2.45) is 0 Å². The van der Waals surface area contributed by atoms with Crippen LogP contribution in [0.4, 0.5) is 11.4 Å². The van der Waals surface area contributed by atoms with E-state index < -0.39 is 0 Å². The maximum atomic E-state index is 2.50. The van der Waals surface area contributed by atoms with Gasteiger partial charge < -0.3 is 53.6 Å². The third kappa shape index (κ3) is 8.61. The van der Waals surface area contributed by atoms with Crippen LogP contribution in [0.1, 0.15) is 11.1 Å². The largest absolute Gasteiger partial charge is 0.412 e. The van der Waals surface area contributed by atoms with Gasteiger partial charge in [0, 0.05) is 37.6 Å². The molecular weight excluding hydrogens is 372 g/mol. The molecule has 10 nitrogen and oxygen atoms in total. The van der Waals surface area contributed by atoms with E-state index in [2.05, 4.69) is 72.2 Å². The Morgan fingerprint density at radius 3 is 0.964 bits per heavy atom. The van der Waals surface area contributed by atoms with Crippen LogP contribution in [0.5, 0.6) is 0 Å². The quantitative estimate of drug-likeness (QED) is 0.502. The van der Waals surface area contributed by atoms with Gasteiger partial charge in [0.1, 0.15) is 0 Å². The smallest absolute Gasteiger partial charge is 0.0397 e. The molecule has 0 unspecified atom stereocenters. The van der Waals surface area contributed by atoms with Gasteiger partial charge in [-0.15, -0.1) is 0 Å². The molecule has 0 spiro atoms. The number of hydrogen-bond acceptors (Lipinski definition) is 2. The van der Waals surface area contributed by atoms with Gasteiger partial charge in [0.15, 0.2) is 0 Å². The van der Waals surface area contributed by atoms with E-state index in [0.29, 0.717) is 0 Å². The van der Waals surface area contributed by atoms with Crippen molar-refractivity contribution < 1.29 is 43.8 Å². The van der Waals surface area contributed by atoms with Crippen LogP contribution < -0.4 is 9.80 Å². The van der Waals surface area contributed by atoms with Gasteiger partial charge in [0.2, 0.25) is 0 Å². The number of benzene rings is 2. The van der Waals surface area contributed by atoms with Crippen molar-refractivity contribution in [3.63, 3.8) is 0 Å². The predicted octanol–water partition coefficient (Wildman–Crippen LogP) is -2.97. The summed E-state index contributed by atoms with van der Waals surface area (Å²) in [4.78, 5) is 5.01. The van der Waals surface area contributed by atoms with Gasteiger partial charge >= 0.3 is 0 Å². The summed E-state index contributed by atoms with van der Waals surface area (Å²) in [6.07, 6.45) is 0. The summed E-state index contributed by atoms with van der Waals surface area (Å²) in [6.45, 7) is 8.78. The van der Waals surface area contributed by atoms with Crippen LogP contribution in [0.2, 0.25) is 0 Å². The number of para-hydroxylation sites is 2. The molecule has 1 aliphatic heterocycles. The molecule has 0 aromatic heterocycles. The van der Waals surface area contributed by atoms with Crippen molar-refractivity contribution in [3.8, 4) is 0 Å². The Kier molecular flexibility index (Phi) is 26.1. The molecule has 2 aromatic carbocycles. The lowest BCUT2D eigenvalue weighted by molar-refractivity contribution is 0.651. The molecule has 0 atom stereocenters. The Morgan fingerprint density at radius 1 is 0.464 bits per heavy atom. The van der Waals surface area contributed by atoms with Crippen molar-refractivity contribution in [3.05, 3.63) is 59.7 Å². The highest BCUT2D eigenvalue weighted by atomic mass is 16.0. The summed E-state index contributed by atoms with van der Waals surface area (Å²) in [5.41, 5.74) is 5.52. The molecule has 0 saturated carbocycles. The summed E-state index contributed by atoms with van der Waals surface area (Å²) in [5.74, 6) is 0. The number of nitrogens with zero attached hydrogens (tertiary/aromatic N) is 2. The van der Waals surface area contributed by atoms with E-state index in [1.807, 2.05) is 0 Å². The van der Waals surface area contributed by atoms with Gasteiger partial charge in [0.05, 0.1) is 0 Å². The van der Waals surface area contributed by atoms with E-state index in [9.17, 15) is 0 Å². The lowest BCUT2D eigenvalue weighted by Gasteiger charge is -2.38. The maximum absolute atomic E-state index is 2.50. The number of anilines is 2. The Bertz CT molecular complexity index is 554. The van der Waals surface area contributed by atoms with E-state index in [-0.39, 0.29) is 43.8 Å². The molecule has 3 rings (SSSR count). The second-order valence-electron chi connectivity index (χ2n) is 5.55. The fraction of sp³-hybridized carbons (Fsp3) is 0.333. The third-order valence-corrected chi connectivity index (χ3v) is 4.19. The monoisotopic (exact) mass is 410 g/mol. The molecule has 0 amide bonds. The van der Waals surface area contributed by atoms with Crippen molar-refractivity contribution in [1.29, 1.82) is 0 Å². The highest BCUT2D eigenvalue weighted by molar-refractivity contribution is 5.57. The van der Waals surface area contributed by atoms with Crippen molar-refractivity contribution in [1.82, 2.24) is 0 Å². The average Bonchev–Trinajstić information content (AvgIpc) is 2.49.